The molecule has 2 N–H and O–H groups in total. The fourth-order valence-electron chi connectivity index (χ4n) is 1.67. The summed E-state index contributed by atoms with van der Waals surface area (Å²) >= 11 is 4.92. The lowest BCUT2D eigenvalue weighted by molar-refractivity contribution is 0.260. The molecule has 0 aromatic heterocycles. The molecule has 0 spiro atoms. The molecular weight excluding hydrogens is 254 g/mol. The number of hydrogen-bond donors (Lipinski definition) is 1. The molecule has 5 heteroatoms. The minimum atomic E-state index is -0.559. The second kappa shape index (κ2) is 6.75. The smallest absolute Gasteiger partial charge is 0.130 e. The van der Waals surface area contributed by atoms with Gasteiger partial charge >= 0.3 is 0 Å². The summed E-state index contributed by atoms with van der Waals surface area (Å²) in [4.78, 5) is 2.48. The highest BCUT2D eigenvalue weighted by molar-refractivity contribution is 7.80. The summed E-state index contributed by atoms with van der Waals surface area (Å²) in [5, 5.41) is 0. The van der Waals surface area contributed by atoms with Crippen LogP contribution in [0.3, 0.4) is 0 Å². The molecule has 1 atom stereocenters. The summed E-state index contributed by atoms with van der Waals surface area (Å²) in [7, 11) is 0. The van der Waals surface area contributed by atoms with Crippen molar-refractivity contribution in [3.63, 3.8) is 0 Å². The number of hydrogen-bond acceptors (Lipinski definition) is 2. The average molecular weight is 272 g/mol. The molecule has 100 valence electrons. The molecule has 0 aliphatic heterocycles. The quantitative estimate of drug-likeness (QED) is 0.807. The number of nitrogens with zero attached hydrogens (tertiary/aromatic N) is 1. The fourth-order valence-corrected chi connectivity index (χ4v) is 1.75. The van der Waals surface area contributed by atoms with Gasteiger partial charge in [-0.25, -0.2) is 8.78 Å². The van der Waals surface area contributed by atoms with Crippen LogP contribution in [0, 0.1) is 17.6 Å². The molecule has 0 heterocycles. The molecule has 0 amide bonds. The second-order valence-corrected chi connectivity index (χ2v) is 4.84. The Balaban J connectivity index is 2.70. The zero-order chi connectivity index (χ0) is 13.7. The molecule has 18 heavy (non-hydrogen) atoms. The molecule has 0 radical (unpaired) electrons. The predicted molar refractivity (Wildman–Crippen MR) is 73.3 cm³/mol. The SMILES string of the molecule is CCN(Cc1ccc(F)cc1F)CC(C)C(N)=S. The van der Waals surface area contributed by atoms with Gasteiger partial charge < -0.3 is 5.73 Å². The van der Waals surface area contributed by atoms with Gasteiger partial charge in [0.1, 0.15) is 11.6 Å². The maximum Gasteiger partial charge on any atom is 0.130 e. The molecule has 0 saturated heterocycles. The van der Waals surface area contributed by atoms with Crippen LogP contribution in [0.5, 0.6) is 0 Å². The maximum absolute atomic E-state index is 13.5. The van der Waals surface area contributed by atoms with E-state index >= 15 is 0 Å². The molecule has 1 aromatic carbocycles. The van der Waals surface area contributed by atoms with E-state index in [0.717, 1.165) is 12.6 Å². The molecule has 2 nitrogen and oxygen atoms in total. The van der Waals surface area contributed by atoms with E-state index in [1.807, 2.05) is 18.7 Å². The summed E-state index contributed by atoms with van der Waals surface area (Å²) in [5.41, 5.74) is 6.04. The fraction of sp³-hybridized carbons (Fsp3) is 0.462. The third-order valence-corrected chi connectivity index (χ3v) is 3.28. The lowest BCUT2D eigenvalue weighted by Gasteiger charge is -2.24. The number of thiocarbonyl (C=S) groups is 1. The van der Waals surface area contributed by atoms with E-state index < -0.39 is 11.6 Å². The lowest BCUT2D eigenvalue weighted by atomic mass is 10.1. The third-order valence-electron chi connectivity index (χ3n) is 2.87. The largest absolute Gasteiger partial charge is 0.393 e. The van der Waals surface area contributed by atoms with E-state index in [1.165, 1.54) is 12.1 Å². The molecular formula is C13H18F2N2S. The highest BCUT2D eigenvalue weighted by atomic mass is 32.1. The molecule has 0 saturated carbocycles. The van der Waals surface area contributed by atoms with Crippen LogP contribution in [0.15, 0.2) is 18.2 Å². The van der Waals surface area contributed by atoms with E-state index in [-0.39, 0.29) is 5.92 Å². The number of nitrogens with two attached hydrogens (primary N) is 1. The monoisotopic (exact) mass is 272 g/mol. The zero-order valence-electron chi connectivity index (χ0n) is 10.6. The van der Waals surface area contributed by atoms with Crippen molar-refractivity contribution in [3.8, 4) is 0 Å². The summed E-state index contributed by atoms with van der Waals surface area (Å²) < 4.78 is 26.3. The van der Waals surface area contributed by atoms with Gasteiger partial charge in [0.05, 0.1) is 4.99 Å². The van der Waals surface area contributed by atoms with Crippen LogP contribution in [0.25, 0.3) is 0 Å². The first-order valence-electron chi connectivity index (χ1n) is 5.89. The average Bonchev–Trinajstić information content (AvgIpc) is 2.31. The van der Waals surface area contributed by atoms with Crippen molar-refractivity contribution in [1.29, 1.82) is 0 Å². The van der Waals surface area contributed by atoms with Crippen molar-refractivity contribution >= 4 is 17.2 Å². The van der Waals surface area contributed by atoms with E-state index in [1.54, 1.807) is 0 Å². The Morgan fingerprint density at radius 3 is 2.61 bits per heavy atom. The molecule has 0 fully saturated rings. The molecule has 1 unspecified atom stereocenters. The Hall–Kier alpha value is -1.07. The summed E-state index contributed by atoms with van der Waals surface area (Å²) in [5.74, 6) is -1.00. The summed E-state index contributed by atoms with van der Waals surface area (Å²) in [6.45, 7) is 5.77. The highest BCUT2D eigenvalue weighted by Crippen LogP contribution is 2.13. The molecule has 1 rings (SSSR count). The highest BCUT2D eigenvalue weighted by Gasteiger charge is 2.13. The first kappa shape index (κ1) is 15.0. The van der Waals surface area contributed by atoms with Gasteiger partial charge in [0.25, 0.3) is 0 Å². The number of benzene rings is 1. The van der Waals surface area contributed by atoms with Crippen LogP contribution >= 0.6 is 12.2 Å². The van der Waals surface area contributed by atoms with Crippen molar-refractivity contribution in [2.75, 3.05) is 13.1 Å². The van der Waals surface area contributed by atoms with Gasteiger partial charge in [-0.1, -0.05) is 32.1 Å². The Morgan fingerprint density at radius 2 is 2.11 bits per heavy atom. The first-order valence-corrected chi connectivity index (χ1v) is 6.30. The Kier molecular flexibility index (Phi) is 5.62. The second-order valence-electron chi connectivity index (χ2n) is 4.37. The Morgan fingerprint density at radius 1 is 1.44 bits per heavy atom. The maximum atomic E-state index is 13.5. The van der Waals surface area contributed by atoms with Crippen LogP contribution in [-0.2, 0) is 6.54 Å². The van der Waals surface area contributed by atoms with E-state index in [9.17, 15) is 8.78 Å². The van der Waals surface area contributed by atoms with Crippen molar-refractivity contribution in [1.82, 2.24) is 4.90 Å². The molecule has 0 aliphatic rings. The predicted octanol–water partition coefficient (Wildman–Crippen LogP) is 2.71. The van der Waals surface area contributed by atoms with Crippen molar-refractivity contribution < 1.29 is 8.78 Å². The van der Waals surface area contributed by atoms with Crippen molar-refractivity contribution in [2.24, 2.45) is 11.7 Å². The molecule has 0 aliphatic carbocycles. The van der Waals surface area contributed by atoms with E-state index in [2.05, 4.69) is 0 Å². The van der Waals surface area contributed by atoms with Gasteiger partial charge in [0.2, 0.25) is 0 Å². The van der Waals surface area contributed by atoms with E-state index in [0.29, 0.717) is 23.6 Å². The zero-order valence-corrected chi connectivity index (χ0v) is 11.4. The summed E-state index contributed by atoms with van der Waals surface area (Å²) in [6.07, 6.45) is 0. The minimum absolute atomic E-state index is 0.0726. The normalized spacial score (nSPS) is 12.7. The first-order chi connectivity index (χ1) is 8.43. The van der Waals surface area contributed by atoms with Gasteiger partial charge in [-0.05, 0) is 12.6 Å². The number of halogens is 2. The van der Waals surface area contributed by atoms with Gasteiger partial charge in [0.15, 0.2) is 0 Å². The molecule has 1 aromatic rings. The van der Waals surface area contributed by atoms with E-state index in [4.69, 9.17) is 18.0 Å². The Labute approximate surface area is 112 Å². The minimum Gasteiger partial charge on any atom is -0.393 e. The van der Waals surface area contributed by atoms with Crippen LogP contribution in [0.1, 0.15) is 19.4 Å². The van der Waals surface area contributed by atoms with Gasteiger partial charge in [0, 0.05) is 30.6 Å². The molecule has 0 bridgehead atoms. The van der Waals surface area contributed by atoms with Crippen LogP contribution in [-0.4, -0.2) is 23.0 Å². The summed E-state index contributed by atoms with van der Waals surface area (Å²) in [6, 6.07) is 3.64. The van der Waals surface area contributed by atoms with Crippen LogP contribution in [0.2, 0.25) is 0 Å². The van der Waals surface area contributed by atoms with Gasteiger partial charge in [-0.2, -0.15) is 0 Å². The standard InChI is InChI=1S/C13H18F2N2S/c1-3-17(7-9(2)13(16)18)8-10-4-5-11(14)6-12(10)15/h4-6,9H,3,7-8H2,1-2H3,(H2,16,18). The van der Waals surface area contributed by atoms with Gasteiger partial charge in [-0.15, -0.1) is 0 Å². The lowest BCUT2D eigenvalue weighted by Crippen LogP contribution is -2.33. The van der Waals surface area contributed by atoms with Crippen LogP contribution in [0.4, 0.5) is 8.78 Å². The van der Waals surface area contributed by atoms with Gasteiger partial charge in [-0.3, -0.25) is 4.90 Å². The van der Waals surface area contributed by atoms with Crippen LogP contribution < -0.4 is 5.73 Å². The third kappa shape index (κ3) is 4.31. The number of rotatable bonds is 6. The van der Waals surface area contributed by atoms with Crippen molar-refractivity contribution in [3.05, 3.63) is 35.4 Å². The topological polar surface area (TPSA) is 29.3 Å². The van der Waals surface area contributed by atoms with Crippen molar-refractivity contribution in [2.45, 2.75) is 20.4 Å². The Bertz CT molecular complexity index is 423.